The van der Waals surface area contributed by atoms with Crippen molar-refractivity contribution in [2.24, 2.45) is 0 Å². The number of anilines is 1. The van der Waals surface area contributed by atoms with Crippen LogP contribution in [0.1, 0.15) is 24.2 Å². The van der Waals surface area contributed by atoms with Crippen LogP contribution in [0.2, 0.25) is 0 Å². The van der Waals surface area contributed by atoms with Crippen LogP contribution in [0.3, 0.4) is 0 Å². The van der Waals surface area contributed by atoms with E-state index in [1.165, 1.54) is 12.7 Å². The van der Waals surface area contributed by atoms with E-state index in [4.69, 9.17) is 5.73 Å². The molecule has 0 aromatic heterocycles. The zero-order valence-electron chi connectivity index (χ0n) is 9.60. The van der Waals surface area contributed by atoms with Crippen molar-refractivity contribution in [3.63, 3.8) is 0 Å². The fourth-order valence-electron chi connectivity index (χ4n) is 1.33. The smallest absolute Gasteiger partial charge is 0.306 e. The van der Waals surface area contributed by atoms with Gasteiger partial charge in [-0.2, -0.15) is 11.8 Å². The minimum Gasteiger partial charge on any atom is -0.469 e. The molecule has 0 aliphatic heterocycles. The van der Waals surface area contributed by atoms with Crippen LogP contribution < -0.4 is 5.73 Å². The molecule has 0 bridgehead atoms. The maximum Gasteiger partial charge on any atom is 0.306 e. The second-order valence-corrected chi connectivity index (χ2v) is 4.96. The van der Waals surface area contributed by atoms with Gasteiger partial charge in [0.2, 0.25) is 0 Å². The molecule has 1 atom stereocenters. The first-order chi connectivity index (χ1) is 7.63. The summed E-state index contributed by atoms with van der Waals surface area (Å²) in [6.45, 7) is 2.11. The van der Waals surface area contributed by atoms with Crippen molar-refractivity contribution < 1.29 is 9.53 Å². The van der Waals surface area contributed by atoms with Gasteiger partial charge in [-0.05, 0) is 24.6 Å². The van der Waals surface area contributed by atoms with Gasteiger partial charge < -0.3 is 10.5 Å². The molecule has 0 aliphatic rings. The summed E-state index contributed by atoms with van der Waals surface area (Å²) in [4.78, 5) is 10.9. The molecule has 0 aliphatic carbocycles. The fraction of sp³-hybridized carbons (Fsp3) is 0.417. The highest BCUT2D eigenvalue weighted by molar-refractivity contribution is 7.99. The van der Waals surface area contributed by atoms with Crippen LogP contribution >= 0.6 is 11.8 Å². The minimum absolute atomic E-state index is 0.160. The van der Waals surface area contributed by atoms with Crippen molar-refractivity contribution in [2.75, 3.05) is 18.6 Å². The highest BCUT2D eigenvalue weighted by Gasteiger charge is 2.07. The average Bonchev–Trinajstić information content (AvgIpc) is 2.28. The standard InChI is InChI=1S/C12H17NO2S/c1-9(16-7-6-12(14)15-2)10-4-3-5-11(13)8-10/h3-5,8-9H,6-7,13H2,1-2H3. The third kappa shape index (κ3) is 4.14. The van der Waals surface area contributed by atoms with E-state index < -0.39 is 0 Å². The fourth-order valence-corrected chi connectivity index (χ4v) is 2.31. The third-order valence-corrected chi connectivity index (χ3v) is 3.49. The molecular weight excluding hydrogens is 222 g/mol. The Labute approximate surface area is 100 Å². The number of thioether (sulfide) groups is 1. The number of benzene rings is 1. The maximum atomic E-state index is 10.9. The van der Waals surface area contributed by atoms with Crippen LogP contribution in [0.15, 0.2) is 24.3 Å². The minimum atomic E-state index is -0.160. The molecule has 3 nitrogen and oxygen atoms in total. The number of ether oxygens (including phenoxy) is 1. The van der Waals surface area contributed by atoms with Crippen molar-refractivity contribution in [1.82, 2.24) is 0 Å². The number of hydrogen-bond donors (Lipinski definition) is 1. The van der Waals surface area contributed by atoms with Crippen LogP contribution in [-0.2, 0) is 9.53 Å². The van der Waals surface area contributed by atoms with Crippen molar-refractivity contribution in [2.45, 2.75) is 18.6 Å². The molecule has 1 rings (SSSR count). The number of methoxy groups -OCH3 is 1. The van der Waals surface area contributed by atoms with E-state index >= 15 is 0 Å². The molecule has 88 valence electrons. The van der Waals surface area contributed by atoms with E-state index in [1.54, 1.807) is 11.8 Å². The van der Waals surface area contributed by atoms with E-state index in [1.807, 2.05) is 24.3 Å². The van der Waals surface area contributed by atoms with Gasteiger partial charge in [0.15, 0.2) is 0 Å². The quantitative estimate of drug-likeness (QED) is 0.634. The first-order valence-corrected chi connectivity index (χ1v) is 6.22. The van der Waals surface area contributed by atoms with Gasteiger partial charge in [-0.3, -0.25) is 4.79 Å². The summed E-state index contributed by atoms with van der Waals surface area (Å²) in [6, 6.07) is 7.83. The van der Waals surface area contributed by atoms with Crippen molar-refractivity contribution >= 4 is 23.4 Å². The lowest BCUT2D eigenvalue weighted by Gasteiger charge is -2.11. The van der Waals surface area contributed by atoms with Crippen molar-refractivity contribution in [3.05, 3.63) is 29.8 Å². The van der Waals surface area contributed by atoms with Gasteiger partial charge in [0, 0.05) is 16.7 Å². The number of nitrogen functional groups attached to an aromatic ring is 1. The second-order valence-electron chi connectivity index (χ2n) is 3.51. The zero-order valence-corrected chi connectivity index (χ0v) is 10.4. The lowest BCUT2D eigenvalue weighted by atomic mass is 10.1. The highest BCUT2D eigenvalue weighted by atomic mass is 32.2. The van der Waals surface area contributed by atoms with Crippen molar-refractivity contribution in [3.8, 4) is 0 Å². The van der Waals surface area contributed by atoms with Gasteiger partial charge in [0.25, 0.3) is 0 Å². The van der Waals surface area contributed by atoms with Crippen LogP contribution in [0.5, 0.6) is 0 Å². The van der Waals surface area contributed by atoms with E-state index in [2.05, 4.69) is 11.7 Å². The Morgan fingerprint density at radius 2 is 2.31 bits per heavy atom. The molecule has 4 heteroatoms. The third-order valence-electron chi connectivity index (χ3n) is 2.28. The lowest BCUT2D eigenvalue weighted by molar-refractivity contribution is -0.140. The molecule has 0 saturated heterocycles. The summed E-state index contributed by atoms with van der Waals surface area (Å²) < 4.78 is 4.58. The molecule has 0 saturated carbocycles. The molecule has 0 fully saturated rings. The topological polar surface area (TPSA) is 52.3 Å². The van der Waals surface area contributed by atoms with Crippen LogP contribution in [0.25, 0.3) is 0 Å². The van der Waals surface area contributed by atoms with Gasteiger partial charge in [-0.15, -0.1) is 0 Å². The SMILES string of the molecule is COC(=O)CCSC(C)c1cccc(N)c1. The van der Waals surface area contributed by atoms with Gasteiger partial charge in [0.05, 0.1) is 13.5 Å². The molecule has 1 unspecified atom stereocenters. The molecular formula is C12H17NO2S. The maximum absolute atomic E-state index is 10.9. The van der Waals surface area contributed by atoms with Crippen LogP contribution in [-0.4, -0.2) is 18.8 Å². The molecule has 2 N–H and O–H groups in total. The van der Waals surface area contributed by atoms with Crippen molar-refractivity contribution in [1.29, 1.82) is 0 Å². The molecule has 16 heavy (non-hydrogen) atoms. The van der Waals surface area contributed by atoms with Crippen LogP contribution in [0, 0.1) is 0 Å². The van der Waals surface area contributed by atoms with Crippen LogP contribution in [0.4, 0.5) is 5.69 Å². The number of carbonyl (C=O) groups excluding carboxylic acids is 1. The first kappa shape index (κ1) is 12.9. The monoisotopic (exact) mass is 239 g/mol. The Hall–Kier alpha value is -1.16. The summed E-state index contributed by atoms with van der Waals surface area (Å²) in [5.41, 5.74) is 7.68. The summed E-state index contributed by atoms with van der Waals surface area (Å²) in [5, 5.41) is 0.341. The Kier molecular flexibility index (Phi) is 5.19. The predicted molar refractivity (Wildman–Crippen MR) is 68.4 cm³/mol. The normalized spacial score (nSPS) is 12.1. The molecule has 1 aromatic rings. The summed E-state index contributed by atoms with van der Waals surface area (Å²) >= 11 is 1.73. The number of esters is 1. The summed E-state index contributed by atoms with van der Waals surface area (Å²) in [7, 11) is 1.41. The highest BCUT2D eigenvalue weighted by Crippen LogP contribution is 2.29. The second kappa shape index (κ2) is 6.43. The molecule has 0 heterocycles. The molecule has 1 aromatic carbocycles. The number of carbonyl (C=O) groups is 1. The molecule has 0 spiro atoms. The Morgan fingerprint density at radius 1 is 1.56 bits per heavy atom. The van der Waals surface area contributed by atoms with Gasteiger partial charge >= 0.3 is 5.97 Å². The van der Waals surface area contributed by atoms with Gasteiger partial charge in [-0.1, -0.05) is 12.1 Å². The van der Waals surface area contributed by atoms with E-state index in [0.29, 0.717) is 11.7 Å². The molecule has 0 radical (unpaired) electrons. The Balaban J connectivity index is 2.40. The van der Waals surface area contributed by atoms with E-state index in [0.717, 1.165) is 11.4 Å². The van der Waals surface area contributed by atoms with Gasteiger partial charge in [0.1, 0.15) is 0 Å². The zero-order chi connectivity index (χ0) is 12.0. The summed E-state index contributed by atoms with van der Waals surface area (Å²) in [5.74, 6) is 0.607. The Morgan fingerprint density at radius 3 is 2.94 bits per heavy atom. The summed E-state index contributed by atoms with van der Waals surface area (Å²) in [6.07, 6.45) is 0.452. The van der Waals surface area contributed by atoms with E-state index in [-0.39, 0.29) is 5.97 Å². The van der Waals surface area contributed by atoms with Gasteiger partial charge in [-0.25, -0.2) is 0 Å². The van der Waals surface area contributed by atoms with E-state index in [9.17, 15) is 4.79 Å². The average molecular weight is 239 g/mol. The largest absolute Gasteiger partial charge is 0.469 e. The number of nitrogens with two attached hydrogens (primary N) is 1. The molecule has 0 amide bonds. The number of rotatable bonds is 5. The predicted octanol–water partition coefficient (Wildman–Crippen LogP) is 2.63. The Bertz CT molecular complexity index is 355. The lowest BCUT2D eigenvalue weighted by Crippen LogP contribution is -2.02. The first-order valence-electron chi connectivity index (χ1n) is 5.17. The number of hydrogen-bond acceptors (Lipinski definition) is 4.